The third-order valence-electron chi connectivity index (χ3n) is 1.97. The van der Waals surface area contributed by atoms with E-state index in [-0.39, 0.29) is 0 Å². The predicted molar refractivity (Wildman–Crippen MR) is 63.0 cm³/mol. The van der Waals surface area contributed by atoms with Crippen molar-refractivity contribution in [1.82, 2.24) is 15.0 Å². The van der Waals surface area contributed by atoms with Crippen LogP contribution in [0, 0.1) is 6.92 Å². The fourth-order valence-corrected chi connectivity index (χ4v) is 2.16. The van der Waals surface area contributed by atoms with Gasteiger partial charge in [-0.3, -0.25) is 4.98 Å². The molecule has 4 nitrogen and oxygen atoms in total. The van der Waals surface area contributed by atoms with Crippen LogP contribution in [0.5, 0.6) is 0 Å². The molecule has 0 spiro atoms. The molecule has 2 aromatic rings. The maximum Gasteiger partial charge on any atom is 0.121 e. The van der Waals surface area contributed by atoms with E-state index >= 15 is 0 Å². The van der Waals surface area contributed by atoms with Gasteiger partial charge in [-0.05, 0) is 36.4 Å². The largest absolute Gasteiger partial charge is 0.326 e. The molecule has 2 aromatic heterocycles. The Morgan fingerprint density at radius 2 is 2.12 bits per heavy atom. The van der Waals surface area contributed by atoms with E-state index < -0.39 is 0 Å². The predicted octanol–water partition coefficient (Wildman–Crippen LogP) is 1.79. The highest BCUT2D eigenvalue weighted by atomic mass is 32.2. The fraction of sp³-hybridized carbons (Fsp3) is 0.182. The zero-order chi connectivity index (χ0) is 11.4. The Balaban J connectivity index is 2.24. The maximum absolute atomic E-state index is 5.62. The molecule has 2 rings (SSSR count). The Kier molecular flexibility index (Phi) is 3.48. The molecule has 0 fully saturated rings. The van der Waals surface area contributed by atoms with Crippen molar-refractivity contribution < 1.29 is 0 Å². The van der Waals surface area contributed by atoms with Crippen LogP contribution in [0.3, 0.4) is 0 Å². The van der Waals surface area contributed by atoms with Gasteiger partial charge in [-0.2, -0.15) is 0 Å². The average Bonchev–Trinajstić information content (AvgIpc) is 2.29. The van der Waals surface area contributed by atoms with E-state index in [9.17, 15) is 0 Å². The van der Waals surface area contributed by atoms with Crippen molar-refractivity contribution in [2.24, 2.45) is 5.73 Å². The summed E-state index contributed by atoms with van der Waals surface area (Å²) >= 11 is 1.49. The third-order valence-corrected chi connectivity index (χ3v) is 2.81. The van der Waals surface area contributed by atoms with E-state index in [2.05, 4.69) is 15.0 Å². The monoisotopic (exact) mass is 232 g/mol. The first-order chi connectivity index (χ1) is 7.78. The lowest BCUT2D eigenvalue weighted by molar-refractivity contribution is 0.979. The quantitative estimate of drug-likeness (QED) is 0.874. The van der Waals surface area contributed by atoms with Crippen LogP contribution in [0.4, 0.5) is 0 Å². The number of pyridine rings is 1. The van der Waals surface area contributed by atoms with Crippen molar-refractivity contribution in [3.05, 3.63) is 42.0 Å². The third kappa shape index (κ3) is 2.77. The number of aryl methyl sites for hydroxylation is 1. The van der Waals surface area contributed by atoms with Gasteiger partial charge in [0.2, 0.25) is 0 Å². The number of nitrogens with zero attached hydrogens (tertiary/aromatic N) is 3. The molecule has 0 atom stereocenters. The molecule has 0 saturated heterocycles. The van der Waals surface area contributed by atoms with Crippen LogP contribution in [0.15, 0.2) is 40.8 Å². The normalized spacial score (nSPS) is 10.4. The molecular formula is C11H12N4S. The Morgan fingerprint density at radius 3 is 2.81 bits per heavy atom. The first kappa shape index (κ1) is 11.0. The summed E-state index contributed by atoms with van der Waals surface area (Å²) in [5.41, 5.74) is 7.67. The van der Waals surface area contributed by atoms with E-state index in [4.69, 9.17) is 5.73 Å². The summed E-state index contributed by atoms with van der Waals surface area (Å²) in [6.45, 7) is 2.48. The van der Waals surface area contributed by atoms with Crippen LogP contribution in [0.1, 0.15) is 11.3 Å². The lowest BCUT2D eigenvalue weighted by Gasteiger charge is -2.04. The van der Waals surface area contributed by atoms with Crippen molar-refractivity contribution >= 4 is 11.8 Å². The molecule has 2 N–H and O–H groups in total. The molecule has 0 amide bonds. The van der Waals surface area contributed by atoms with Crippen molar-refractivity contribution in [2.75, 3.05) is 0 Å². The van der Waals surface area contributed by atoms with Gasteiger partial charge in [-0.15, -0.1) is 0 Å². The highest BCUT2D eigenvalue weighted by Crippen LogP contribution is 2.24. The Labute approximate surface area is 98.3 Å². The van der Waals surface area contributed by atoms with Crippen LogP contribution in [0.25, 0.3) is 0 Å². The van der Waals surface area contributed by atoms with Crippen LogP contribution in [-0.4, -0.2) is 15.0 Å². The summed E-state index contributed by atoms with van der Waals surface area (Å²) in [4.78, 5) is 12.6. The van der Waals surface area contributed by atoms with E-state index in [0.29, 0.717) is 6.54 Å². The van der Waals surface area contributed by atoms with E-state index in [1.54, 1.807) is 18.6 Å². The molecule has 2 heterocycles. The SMILES string of the molecule is Cc1cc(CN)cc(Sc2cnccn2)n1. The summed E-state index contributed by atoms with van der Waals surface area (Å²) in [6, 6.07) is 3.97. The van der Waals surface area contributed by atoms with Crippen LogP contribution >= 0.6 is 11.8 Å². The number of hydrogen-bond donors (Lipinski definition) is 1. The van der Waals surface area contributed by atoms with Crippen molar-refractivity contribution in [3.63, 3.8) is 0 Å². The molecule has 5 heteroatoms. The number of nitrogens with two attached hydrogens (primary N) is 1. The zero-order valence-corrected chi connectivity index (χ0v) is 9.74. The molecule has 0 unspecified atom stereocenters. The number of aromatic nitrogens is 3. The topological polar surface area (TPSA) is 64.7 Å². The fourth-order valence-electron chi connectivity index (χ4n) is 1.32. The zero-order valence-electron chi connectivity index (χ0n) is 8.92. The van der Waals surface area contributed by atoms with E-state index in [0.717, 1.165) is 21.3 Å². The lowest BCUT2D eigenvalue weighted by atomic mass is 10.2. The highest BCUT2D eigenvalue weighted by molar-refractivity contribution is 7.99. The van der Waals surface area contributed by atoms with Gasteiger partial charge in [0.1, 0.15) is 10.1 Å². The van der Waals surface area contributed by atoms with Gasteiger partial charge in [0, 0.05) is 24.6 Å². The highest BCUT2D eigenvalue weighted by Gasteiger charge is 2.02. The van der Waals surface area contributed by atoms with Crippen LogP contribution in [-0.2, 0) is 6.54 Å². The van der Waals surface area contributed by atoms with Crippen molar-refractivity contribution in [1.29, 1.82) is 0 Å². The maximum atomic E-state index is 5.62. The molecular weight excluding hydrogens is 220 g/mol. The summed E-state index contributed by atoms with van der Waals surface area (Å²) < 4.78 is 0. The van der Waals surface area contributed by atoms with Crippen LogP contribution < -0.4 is 5.73 Å². The molecule has 0 bridgehead atoms. The van der Waals surface area contributed by atoms with E-state index in [1.165, 1.54) is 11.8 Å². The standard InChI is InChI=1S/C11H12N4S/c1-8-4-9(6-12)5-10(15-8)16-11-7-13-2-3-14-11/h2-5,7H,6,12H2,1H3. The van der Waals surface area contributed by atoms with Gasteiger partial charge >= 0.3 is 0 Å². The lowest BCUT2D eigenvalue weighted by Crippen LogP contribution is -1.98. The number of hydrogen-bond acceptors (Lipinski definition) is 5. The van der Waals surface area contributed by atoms with Gasteiger partial charge in [-0.1, -0.05) is 0 Å². The van der Waals surface area contributed by atoms with Gasteiger partial charge in [0.15, 0.2) is 0 Å². The van der Waals surface area contributed by atoms with Gasteiger partial charge in [-0.25, -0.2) is 9.97 Å². The molecule has 0 aliphatic rings. The molecule has 0 radical (unpaired) electrons. The molecule has 82 valence electrons. The molecule has 0 aromatic carbocycles. The van der Waals surface area contributed by atoms with E-state index in [1.807, 2.05) is 19.1 Å². The first-order valence-electron chi connectivity index (χ1n) is 4.89. The van der Waals surface area contributed by atoms with Gasteiger partial charge in [0.05, 0.1) is 6.20 Å². The minimum Gasteiger partial charge on any atom is -0.326 e. The molecule has 0 aliphatic carbocycles. The van der Waals surface area contributed by atoms with Crippen LogP contribution in [0.2, 0.25) is 0 Å². The Bertz CT molecular complexity index is 473. The second-order valence-corrected chi connectivity index (χ2v) is 4.35. The van der Waals surface area contributed by atoms with Crippen molar-refractivity contribution in [2.45, 2.75) is 23.5 Å². The summed E-state index contributed by atoms with van der Waals surface area (Å²) in [7, 11) is 0. The van der Waals surface area contributed by atoms with Gasteiger partial charge < -0.3 is 5.73 Å². The Hall–Kier alpha value is -1.46. The Morgan fingerprint density at radius 1 is 1.25 bits per heavy atom. The van der Waals surface area contributed by atoms with Crippen molar-refractivity contribution in [3.8, 4) is 0 Å². The summed E-state index contributed by atoms with van der Waals surface area (Å²) in [5.74, 6) is 0. The second kappa shape index (κ2) is 5.05. The second-order valence-electron chi connectivity index (χ2n) is 3.30. The molecule has 0 saturated carbocycles. The van der Waals surface area contributed by atoms with Gasteiger partial charge in [0.25, 0.3) is 0 Å². The summed E-state index contributed by atoms with van der Waals surface area (Å²) in [5, 5.41) is 1.74. The smallest absolute Gasteiger partial charge is 0.121 e. The minimum atomic E-state index is 0.525. The molecule has 16 heavy (non-hydrogen) atoms. The number of rotatable bonds is 3. The minimum absolute atomic E-state index is 0.525. The first-order valence-corrected chi connectivity index (χ1v) is 5.71. The summed E-state index contributed by atoms with van der Waals surface area (Å²) in [6.07, 6.45) is 5.04. The average molecular weight is 232 g/mol. The molecule has 0 aliphatic heterocycles.